The molecule has 0 unspecified atom stereocenters. The minimum Gasteiger partial charge on any atom is -0.481 e. The van der Waals surface area contributed by atoms with Crippen LogP contribution >= 0.6 is 0 Å². The number of pyridine rings is 1. The molecule has 0 atom stereocenters. The van der Waals surface area contributed by atoms with Gasteiger partial charge in [0.05, 0.1) is 12.0 Å². The molecule has 1 N–H and O–H groups in total. The van der Waals surface area contributed by atoms with E-state index in [1.807, 2.05) is 36.4 Å². The molecular formula is C19H18N2O3S. The van der Waals surface area contributed by atoms with Crippen LogP contribution in [0.2, 0.25) is 0 Å². The predicted molar refractivity (Wildman–Crippen MR) is 96.7 cm³/mol. The molecule has 1 heterocycles. The van der Waals surface area contributed by atoms with Gasteiger partial charge in [-0.05, 0) is 17.2 Å². The number of hydrogen-bond acceptors (Lipinski definition) is 4. The van der Waals surface area contributed by atoms with Gasteiger partial charge in [-0.3, -0.25) is 0 Å². The molecule has 0 fully saturated rings. The Labute approximate surface area is 147 Å². The van der Waals surface area contributed by atoms with Gasteiger partial charge in [0.15, 0.2) is 0 Å². The van der Waals surface area contributed by atoms with E-state index in [4.69, 9.17) is 4.74 Å². The van der Waals surface area contributed by atoms with Crippen LogP contribution < -0.4 is 9.46 Å². The smallest absolute Gasteiger partial charge is 0.241 e. The number of ether oxygens (including phenoxy) is 1. The maximum absolute atomic E-state index is 12.8. The molecule has 0 saturated carbocycles. The summed E-state index contributed by atoms with van der Waals surface area (Å²) in [6.45, 7) is 0.155. The second-order valence-electron chi connectivity index (χ2n) is 5.40. The highest BCUT2D eigenvalue weighted by Crippen LogP contribution is 2.27. The Hall–Kier alpha value is -2.70. The van der Waals surface area contributed by atoms with Gasteiger partial charge in [-0.15, -0.1) is 0 Å². The fourth-order valence-electron chi connectivity index (χ4n) is 2.45. The van der Waals surface area contributed by atoms with Crippen LogP contribution in [0.5, 0.6) is 5.88 Å². The number of hydrogen-bond donors (Lipinski definition) is 1. The lowest BCUT2D eigenvalue weighted by Gasteiger charge is -2.12. The van der Waals surface area contributed by atoms with Gasteiger partial charge in [-0.1, -0.05) is 54.6 Å². The van der Waals surface area contributed by atoms with Crippen LogP contribution in [0.4, 0.5) is 0 Å². The monoisotopic (exact) mass is 354 g/mol. The number of aromatic nitrogens is 1. The van der Waals surface area contributed by atoms with Crippen molar-refractivity contribution in [2.75, 3.05) is 7.11 Å². The quantitative estimate of drug-likeness (QED) is 0.738. The lowest BCUT2D eigenvalue weighted by molar-refractivity contribution is 0.397. The van der Waals surface area contributed by atoms with E-state index >= 15 is 0 Å². The molecule has 0 aliphatic heterocycles. The van der Waals surface area contributed by atoms with E-state index in [9.17, 15) is 8.42 Å². The molecule has 5 nitrogen and oxygen atoms in total. The first-order chi connectivity index (χ1) is 12.1. The summed E-state index contributed by atoms with van der Waals surface area (Å²) in [6.07, 6.45) is 1.59. The summed E-state index contributed by atoms with van der Waals surface area (Å²) >= 11 is 0. The summed E-state index contributed by atoms with van der Waals surface area (Å²) < 4.78 is 33.2. The summed E-state index contributed by atoms with van der Waals surface area (Å²) in [7, 11) is -2.13. The van der Waals surface area contributed by atoms with Crippen molar-refractivity contribution < 1.29 is 13.2 Å². The second kappa shape index (κ2) is 7.46. The van der Waals surface area contributed by atoms with Crippen LogP contribution in [-0.4, -0.2) is 20.5 Å². The molecule has 0 bridgehead atoms. The first-order valence-electron chi connectivity index (χ1n) is 7.73. The van der Waals surface area contributed by atoms with E-state index in [1.165, 1.54) is 7.11 Å². The topological polar surface area (TPSA) is 68.3 Å². The van der Waals surface area contributed by atoms with Gasteiger partial charge in [0.2, 0.25) is 15.9 Å². The standard InChI is InChI=1S/C19H18N2O3S/c1-24-19-12-11-15(13-20-19)14-21-25(22,23)18-10-6-5-9-17(18)16-7-3-2-4-8-16/h2-13,21H,14H2,1H3. The fourth-order valence-corrected chi connectivity index (χ4v) is 3.69. The normalized spacial score (nSPS) is 11.2. The maximum atomic E-state index is 12.8. The van der Waals surface area contributed by atoms with Crippen LogP contribution in [0.1, 0.15) is 5.56 Å². The summed E-state index contributed by atoms with van der Waals surface area (Å²) in [5.41, 5.74) is 2.28. The number of sulfonamides is 1. The summed E-state index contributed by atoms with van der Waals surface area (Å²) in [5, 5.41) is 0. The first-order valence-corrected chi connectivity index (χ1v) is 9.21. The fraction of sp³-hybridized carbons (Fsp3) is 0.105. The predicted octanol–water partition coefficient (Wildman–Crippen LogP) is 3.24. The molecule has 0 aliphatic rings. The highest BCUT2D eigenvalue weighted by atomic mass is 32.2. The van der Waals surface area contributed by atoms with E-state index in [-0.39, 0.29) is 11.4 Å². The van der Waals surface area contributed by atoms with Gasteiger partial charge >= 0.3 is 0 Å². The molecule has 128 valence electrons. The number of nitrogens with zero attached hydrogens (tertiary/aromatic N) is 1. The molecule has 2 aromatic carbocycles. The summed E-state index contributed by atoms with van der Waals surface area (Å²) in [4.78, 5) is 4.33. The van der Waals surface area contributed by atoms with Crippen LogP contribution in [0.3, 0.4) is 0 Å². The molecule has 0 aliphatic carbocycles. The zero-order chi connectivity index (χ0) is 17.7. The van der Waals surface area contributed by atoms with Gasteiger partial charge in [-0.2, -0.15) is 0 Å². The first kappa shape index (κ1) is 17.1. The van der Waals surface area contributed by atoms with E-state index < -0.39 is 10.0 Å². The Bertz CT molecular complexity index is 940. The zero-order valence-corrected chi connectivity index (χ0v) is 14.5. The lowest BCUT2D eigenvalue weighted by Crippen LogP contribution is -2.23. The number of nitrogens with one attached hydrogen (secondary N) is 1. The van der Waals surface area contributed by atoms with Gasteiger partial charge < -0.3 is 4.74 Å². The maximum Gasteiger partial charge on any atom is 0.241 e. The summed E-state index contributed by atoms with van der Waals surface area (Å²) in [5.74, 6) is 0.487. The van der Waals surface area contributed by atoms with Gasteiger partial charge in [0.25, 0.3) is 0 Å². The van der Waals surface area contributed by atoms with Crippen molar-refractivity contribution in [3.63, 3.8) is 0 Å². The van der Waals surface area contributed by atoms with Crippen molar-refractivity contribution in [2.24, 2.45) is 0 Å². The SMILES string of the molecule is COc1ccc(CNS(=O)(=O)c2ccccc2-c2ccccc2)cn1. The Morgan fingerprint density at radius 2 is 1.68 bits per heavy atom. The van der Waals surface area contributed by atoms with Crippen molar-refractivity contribution in [3.8, 4) is 17.0 Å². The minimum absolute atomic E-state index is 0.155. The third-order valence-electron chi connectivity index (χ3n) is 3.73. The minimum atomic E-state index is -3.66. The third-order valence-corrected chi connectivity index (χ3v) is 5.19. The van der Waals surface area contributed by atoms with Crippen LogP contribution in [0.15, 0.2) is 77.8 Å². The van der Waals surface area contributed by atoms with Crippen molar-refractivity contribution >= 4 is 10.0 Å². The third kappa shape index (κ3) is 4.04. The molecule has 6 heteroatoms. The van der Waals surface area contributed by atoms with Crippen molar-refractivity contribution in [1.82, 2.24) is 9.71 Å². The zero-order valence-electron chi connectivity index (χ0n) is 13.7. The molecule has 0 saturated heterocycles. The average Bonchev–Trinajstić information content (AvgIpc) is 2.67. The summed E-state index contributed by atoms with van der Waals surface area (Å²) in [6, 6.07) is 19.9. The van der Waals surface area contributed by atoms with Gasteiger partial charge in [0, 0.05) is 24.4 Å². The second-order valence-corrected chi connectivity index (χ2v) is 7.13. The van der Waals surface area contributed by atoms with Crippen LogP contribution in [0.25, 0.3) is 11.1 Å². The molecular weight excluding hydrogens is 336 g/mol. The molecule has 3 aromatic rings. The van der Waals surface area contributed by atoms with Crippen molar-refractivity contribution in [1.29, 1.82) is 0 Å². The highest BCUT2D eigenvalue weighted by molar-refractivity contribution is 7.89. The molecule has 25 heavy (non-hydrogen) atoms. The van der Waals surface area contributed by atoms with E-state index in [0.29, 0.717) is 11.4 Å². The highest BCUT2D eigenvalue weighted by Gasteiger charge is 2.18. The number of rotatable bonds is 6. The van der Waals surface area contributed by atoms with Gasteiger partial charge in [0.1, 0.15) is 0 Å². The Kier molecular flexibility index (Phi) is 5.11. The number of benzene rings is 2. The Morgan fingerprint density at radius 3 is 2.36 bits per heavy atom. The molecule has 0 radical (unpaired) electrons. The molecule has 0 spiro atoms. The lowest BCUT2D eigenvalue weighted by atomic mass is 10.1. The average molecular weight is 354 g/mol. The van der Waals surface area contributed by atoms with E-state index in [0.717, 1.165) is 11.1 Å². The largest absolute Gasteiger partial charge is 0.481 e. The van der Waals surface area contributed by atoms with Crippen molar-refractivity contribution in [3.05, 3.63) is 78.5 Å². The van der Waals surface area contributed by atoms with Crippen molar-refractivity contribution in [2.45, 2.75) is 11.4 Å². The molecule has 3 rings (SSSR count). The van der Waals surface area contributed by atoms with Crippen LogP contribution in [-0.2, 0) is 16.6 Å². The van der Waals surface area contributed by atoms with Crippen LogP contribution in [0, 0.1) is 0 Å². The Morgan fingerprint density at radius 1 is 0.960 bits per heavy atom. The van der Waals surface area contributed by atoms with E-state index in [2.05, 4.69) is 9.71 Å². The molecule has 0 amide bonds. The Balaban J connectivity index is 1.85. The van der Waals surface area contributed by atoms with E-state index in [1.54, 1.807) is 36.5 Å². The molecule has 1 aromatic heterocycles. The van der Waals surface area contributed by atoms with Gasteiger partial charge in [-0.25, -0.2) is 18.1 Å². The number of methoxy groups -OCH3 is 1.